The number of ether oxygens (including phenoxy) is 2. The highest BCUT2D eigenvalue weighted by Crippen LogP contribution is 2.27. The van der Waals surface area contributed by atoms with Crippen LogP contribution in [0.4, 0.5) is 0 Å². The average molecular weight is 280 g/mol. The molecule has 1 aliphatic heterocycles. The standard InChI is InChI=1S/C14H20N2O4/c17-14(18)13-12(20-10-4-1-2-5-10)8-15-16(13)9-11-6-3-7-19-11/h8,10-11H,1-7,9H2,(H,17,18). The van der Waals surface area contributed by atoms with E-state index in [9.17, 15) is 9.90 Å². The maximum absolute atomic E-state index is 11.5. The van der Waals surface area contributed by atoms with Crippen LogP contribution in [-0.2, 0) is 11.3 Å². The number of carbonyl (C=O) groups is 1. The molecule has 110 valence electrons. The third-order valence-electron chi connectivity index (χ3n) is 4.00. The van der Waals surface area contributed by atoms with Crippen molar-refractivity contribution < 1.29 is 19.4 Å². The summed E-state index contributed by atoms with van der Waals surface area (Å²) in [7, 11) is 0. The van der Waals surface area contributed by atoms with Gasteiger partial charge in [0.25, 0.3) is 0 Å². The van der Waals surface area contributed by atoms with Crippen LogP contribution >= 0.6 is 0 Å². The van der Waals surface area contributed by atoms with Crippen LogP contribution in [0.5, 0.6) is 5.75 Å². The summed E-state index contributed by atoms with van der Waals surface area (Å²) < 4.78 is 12.9. The molecule has 0 aromatic carbocycles. The fourth-order valence-electron chi connectivity index (χ4n) is 2.98. The lowest BCUT2D eigenvalue weighted by Crippen LogP contribution is -2.21. The second-order valence-electron chi connectivity index (χ2n) is 5.50. The Morgan fingerprint density at radius 3 is 2.85 bits per heavy atom. The lowest BCUT2D eigenvalue weighted by atomic mass is 10.2. The van der Waals surface area contributed by atoms with E-state index >= 15 is 0 Å². The highest BCUT2D eigenvalue weighted by Gasteiger charge is 2.26. The third-order valence-corrected chi connectivity index (χ3v) is 4.00. The number of hydrogen-bond acceptors (Lipinski definition) is 4. The van der Waals surface area contributed by atoms with Crippen molar-refractivity contribution >= 4 is 5.97 Å². The van der Waals surface area contributed by atoms with E-state index in [1.807, 2.05) is 0 Å². The van der Waals surface area contributed by atoms with Gasteiger partial charge < -0.3 is 14.6 Å². The fourth-order valence-corrected chi connectivity index (χ4v) is 2.98. The van der Waals surface area contributed by atoms with Gasteiger partial charge in [0.2, 0.25) is 0 Å². The van der Waals surface area contributed by atoms with Gasteiger partial charge in [-0.05, 0) is 38.5 Å². The summed E-state index contributed by atoms with van der Waals surface area (Å²) >= 11 is 0. The first kappa shape index (κ1) is 13.4. The zero-order valence-electron chi connectivity index (χ0n) is 11.5. The predicted octanol–water partition coefficient (Wildman–Crippen LogP) is 2.08. The quantitative estimate of drug-likeness (QED) is 0.894. The van der Waals surface area contributed by atoms with E-state index in [2.05, 4.69) is 5.10 Å². The van der Waals surface area contributed by atoms with Gasteiger partial charge in [0.1, 0.15) is 0 Å². The van der Waals surface area contributed by atoms with E-state index < -0.39 is 5.97 Å². The van der Waals surface area contributed by atoms with Gasteiger partial charge in [0.15, 0.2) is 11.4 Å². The van der Waals surface area contributed by atoms with Crippen molar-refractivity contribution in [2.24, 2.45) is 0 Å². The first-order chi connectivity index (χ1) is 9.74. The summed E-state index contributed by atoms with van der Waals surface area (Å²) in [4.78, 5) is 11.5. The molecule has 2 heterocycles. The zero-order chi connectivity index (χ0) is 13.9. The van der Waals surface area contributed by atoms with Crippen LogP contribution in [0.3, 0.4) is 0 Å². The predicted molar refractivity (Wildman–Crippen MR) is 71.0 cm³/mol. The Balaban J connectivity index is 1.75. The van der Waals surface area contributed by atoms with E-state index in [0.29, 0.717) is 12.3 Å². The minimum absolute atomic E-state index is 0.0623. The molecular weight excluding hydrogens is 260 g/mol. The summed E-state index contributed by atoms with van der Waals surface area (Å²) in [6.45, 7) is 1.23. The molecule has 20 heavy (non-hydrogen) atoms. The smallest absolute Gasteiger partial charge is 0.358 e. The highest BCUT2D eigenvalue weighted by atomic mass is 16.5. The number of aromatic nitrogens is 2. The normalized spacial score (nSPS) is 23.3. The number of rotatable bonds is 5. The van der Waals surface area contributed by atoms with Crippen LogP contribution in [-0.4, -0.2) is 39.7 Å². The van der Waals surface area contributed by atoms with Gasteiger partial charge in [-0.3, -0.25) is 4.68 Å². The monoisotopic (exact) mass is 280 g/mol. The van der Waals surface area contributed by atoms with Gasteiger partial charge in [-0.2, -0.15) is 5.10 Å². The maximum atomic E-state index is 11.5. The minimum atomic E-state index is -0.992. The van der Waals surface area contributed by atoms with Gasteiger partial charge in [0, 0.05) is 6.61 Å². The number of aromatic carboxylic acids is 1. The highest BCUT2D eigenvalue weighted by molar-refractivity contribution is 5.88. The van der Waals surface area contributed by atoms with Crippen molar-refractivity contribution in [1.29, 1.82) is 0 Å². The largest absolute Gasteiger partial charge is 0.486 e. The average Bonchev–Trinajstić information content (AvgIpc) is 3.12. The van der Waals surface area contributed by atoms with Crippen molar-refractivity contribution in [2.75, 3.05) is 6.61 Å². The number of nitrogens with zero attached hydrogens (tertiary/aromatic N) is 2. The minimum Gasteiger partial charge on any atom is -0.486 e. The van der Waals surface area contributed by atoms with Crippen molar-refractivity contribution in [3.05, 3.63) is 11.9 Å². The molecule has 3 rings (SSSR count). The van der Waals surface area contributed by atoms with Crippen LogP contribution < -0.4 is 4.74 Å². The number of hydrogen-bond donors (Lipinski definition) is 1. The van der Waals surface area contributed by atoms with Gasteiger partial charge in [0.05, 0.1) is 24.9 Å². The van der Waals surface area contributed by atoms with Gasteiger partial charge in [-0.15, -0.1) is 0 Å². The van der Waals surface area contributed by atoms with Crippen molar-refractivity contribution in [3.8, 4) is 5.75 Å². The molecule has 1 saturated carbocycles. The molecule has 0 bridgehead atoms. The summed E-state index contributed by atoms with van der Waals surface area (Å²) in [5.41, 5.74) is 0.146. The van der Waals surface area contributed by atoms with Crippen molar-refractivity contribution in [1.82, 2.24) is 9.78 Å². The molecule has 6 nitrogen and oxygen atoms in total. The second-order valence-corrected chi connectivity index (χ2v) is 5.50. The first-order valence-electron chi connectivity index (χ1n) is 7.31. The molecule has 1 saturated heterocycles. The lowest BCUT2D eigenvalue weighted by molar-refractivity contribution is 0.0656. The zero-order valence-corrected chi connectivity index (χ0v) is 11.5. The molecule has 2 fully saturated rings. The van der Waals surface area contributed by atoms with Crippen LogP contribution in [0, 0.1) is 0 Å². The van der Waals surface area contributed by atoms with Gasteiger partial charge >= 0.3 is 5.97 Å². The Morgan fingerprint density at radius 1 is 1.40 bits per heavy atom. The molecule has 0 radical (unpaired) electrons. The Hall–Kier alpha value is -1.56. The molecule has 1 aliphatic carbocycles. The summed E-state index contributed by atoms with van der Waals surface area (Å²) in [5, 5.41) is 13.6. The Morgan fingerprint density at radius 2 is 2.20 bits per heavy atom. The maximum Gasteiger partial charge on any atom is 0.358 e. The third kappa shape index (κ3) is 2.80. The molecule has 6 heteroatoms. The van der Waals surface area contributed by atoms with E-state index in [1.165, 1.54) is 10.9 Å². The fraction of sp³-hybridized carbons (Fsp3) is 0.714. The van der Waals surface area contributed by atoms with Crippen molar-refractivity contribution in [2.45, 2.75) is 57.3 Å². The van der Waals surface area contributed by atoms with E-state index in [1.54, 1.807) is 0 Å². The lowest BCUT2D eigenvalue weighted by Gasteiger charge is -2.14. The van der Waals surface area contributed by atoms with E-state index in [-0.39, 0.29) is 17.9 Å². The van der Waals surface area contributed by atoms with Crippen molar-refractivity contribution in [3.63, 3.8) is 0 Å². The summed E-state index contributed by atoms with van der Waals surface area (Å²) in [6, 6.07) is 0. The summed E-state index contributed by atoms with van der Waals surface area (Å²) in [5.74, 6) is -0.601. The Kier molecular flexibility index (Phi) is 3.91. The second kappa shape index (κ2) is 5.83. The molecule has 1 unspecified atom stereocenters. The van der Waals surface area contributed by atoms with Gasteiger partial charge in [-0.1, -0.05) is 0 Å². The Bertz CT molecular complexity index is 438. The van der Waals surface area contributed by atoms with Gasteiger partial charge in [-0.25, -0.2) is 4.79 Å². The first-order valence-corrected chi connectivity index (χ1v) is 7.31. The Labute approximate surface area is 117 Å². The molecule has 1 aromatic heterocycles. The molecule has 2 aliphatic rings. The molecule has 0 amide bonds. The number of carboxylic acids is 1. The molecule has 1 N–H and O–H groups in total. The molecule has 0 spiro atoms. The van der Waals surface area contributed by atoms with E-state index in [4.69, 9.17) is 9.47 Å². The molecule has 1 atom stereocenters. The summed E-state index contributed by atoms with van der Waals surface area (Å²) in [6.07, 6.45) is 8.00. The van der Waals surface area contributed by atoms with Crippen LogP contribution in [0.15, 0.2) is 6.20 Å². The number of carboxylic acid groups (broad SMARTS) is 1. The molecule has 1 aromatic rings. The van der Waals surface area contributed by atoms with Crippen LogP contribution in [0.1, 0.15) is 49.0 Å². The van der Waals surface area contributed by atoms with E-state index in [0.717, 1.165) is 45.1 Å². The topological polar surface area (TPSA) is 73.6 Å². The SMILES string of the molecule is O=C(O)c1c(OC2CCCC2)cnn1CC1CCCO1. The van der Waals surface area contributed by atoms with Crippen LogP contribution in [0.25, 0.3) is 0 Å². The molecular formula is C14H20N2O4. The van der Waals surface area contributed by atoms with Crippen LogP contribution in [0.2, 0.25) is 0 Å².